The number of benzene rings is 1. The van der Waals surface area contributed by atoms with Crippen LogP contribution in [-0.4, -0.2) is 29.2 Å². The highest BCUT2D eigenvalue weighted by Crippen LogP contribution is 2.25. The Hall–Kier alpha value is -0.510. The lowest BCUT2D eigenvalue weighted by atomic mass is 9.96. The molecule has 0 bridgehead atoms. The summed E-state index contributed by atoms with van der Waals surface area (Å²) in [6.07, 6.45) is 4.03. The summed E-state index contributed by atoms with van der Waals surface area (Å²) in [5.74, 6) is 1.29. The Morgan fingerprint density at radius 1 is 1.33 bits per heavy atom. The molecule has 1 aromatic carbocycles. The Balaban J connectivity index is 1.78. The lowest BCUT2D eigenvalue weighted by Gasteiger charge is -2.27. The largest absolute Gasteiger partial charge is 0.384 e. The van der Waals surface area contributed by atoms with Crippen LogP contribution in [0.1, 0.15) is 31.7 Å². The predicted octanol–water partition coefficient (Wildman–Crippen LogP) is 2.77. The second-order valence-corrected chi connectivity index (χ2v) is 6.67. The van der Waals surface area contributed by atoms with Crippen molar-refractivity contribution in [3.8, 4) is 0 Å². The van der Waals surface area contributed by atoms with Gasteiger partial charge in [0.05, 0.1) is 5.60 Å². The molecule has 1 aliphatic heterocycles. The van der Waals surface area contributed by atoms with Crippen molar-refractivity contribution in [3.63, 3.8) is 0 Å². The molecule has 1 saturated heterocycles. The van der Waals surface area contributed by atoms with Gasteiger partial charge in [-0.05, 0) is 31.1 Å². The van der Waals surface area contributed by atoms with Gasteiger partial charge in [-0.15, -0.1) is 0 Å². The molecule has 1 heterocycles. The Bertz CT molecular complexity index is 347. The number of hydrogen-bond donors (Lipinski definition) is 2. The predicted molar refractivity (Wildman–Crippen MR) is 79.0 cm³/mol. The lowest BCUT2D eigenvalue weighted by Crippen LogP contribution is -2.38. The van der Waals surface area contributed by atoms with Crippen LogP contribution in [0.4, 0.5) is 0 Å². The standard InChI is InChI=1S/C15H23NOS/c1-15(17,13-7-3-2-4-8-13)12-16-11-14-9-5-6-10-18-14/h2-4,7-8,14,16-17H,5-6,9-12H2,1H3. The topological polar surface area (TPSA) is 32.3 Å². The third kappa shape index (κ3) is 4.01. The third-order valence-corrected chi connectivity index (χ3v) is 4.91. The third-order valence-electron chi connectivity index (χ3n) is 3.51. The van der Waals surface area contributed by atoms with Crippen LogP contribution in [0.5, 0.6) is 0 Å². The highest BCUT2D eigenvalue weighted by molar-refractivity contribution is 7.99. The molecule has 0 saturated carbocycles. The minimum Gasteiger partial charge on any atom is -0.384 e. The van der Waals surface area contributed by atoms with Crippen molar-refractivity contribution in [1.82, 2.24) is 5.32 Å². The zero-order valence-electron chi connectivity index (χ0n) is 11.1. The summed E-state index contributed by atoms with van der Waals surface area (Å²) in [7, 11) is 0. The summed E-state index contributed by atoms with van der Waals surface area (Å²) in [6.45, 7) is 3.51. The molecule has 0 amide bonds. The maximum absolute atomic E-state index is 10.4. The molecule has 2 atom stereocenters. The summed E-state index contributed by atoms with van der Waals surface area (Å²) >= 11 is 2.07. The first-order chi connectivity index (χ1) is 8.68. The normalized spacial score (nSPS) is 23.6. The second-order valence-electron chi connectivity index (χ2n) is 5.26. The minimum atomic E-state index is -0.777. The summed E-state index contributed by atoms with van der Waals surface area (Å²) in [5, 5.41) is 14.6. The van der Waals surface area contributed by atoms with Crippen LogP contribution >= 0.6 is 11.8 Å². The minimum absolute atomic E-state index is 0.619. The van der Waals surface area contributed by atoms with Crippen molar-refractivity contribution in [2.45, 2.75) is 37.0 Å². The highest BCUT2D eigenvalue weighted by atomic mass is 32.2. The molecule has 100 valence electrons. The van der Waals surface area contributed by atoms with Crippen molar-refractivity contribution < 1.29 is 5.11 Å². The van der Waals surface area contributed by atoms with E-state index in [2.05, 4.69) is 17.1 Å². The van der Waals surface area contributed by atoms with E-state index in [1.54, 1.807) is 0 Å². The average molecular weight is 265 g/mol. The van der Waals surface area contributed by atoms with Crippen LogP contribution < -0.4 is 5.32 Å². The van der Waals surface area contributed by atoms with Gasteiger partial charge in [0.25, 0.3) is 0 Å². The molecule has 18 heavy (non-hydrogen) atoms. The van der Waals surface area contributed by atoms with E-state index < -0.39 is 5.60 Å². The van der Waals surface area contributed by atoms with Gasteiger partial charge in [-0.1, -0.05) is 36.8 Å². The monoisotopic (exact) mass is 265 g/mol. The highest BCUT2D eigenvalue weighted by Gasteiger charge is 2.23. The van der Waals surface area contributed by atoms with E-state index in [4.69, 9.17) is 0 Å². The Morgan fingerprint density at radius 3 is 2.78 bits per heavy atom. The van der Waals surface area contributed by atoms with E-state index >= 15 is 0 Å². The molecule has 0 spiro atoms. The number of aliphatic hydroxyl groups is 1. The molecule has 2 nitrogen and oxygen atoms in total. The average Bonchev–Trinajstić information content (AvgIpc) is 2.41. The van der Waals surface area contributed by atoms with Crippen LogP contribution in [0.25, 0.3) is 0 Å². The fourth-order valence-corrected chi connectivity index (χ4v) is 3.62. The van der Waals surface area contributed by atoms with E-state index in [1.807, 2.05) is 37.3 Å². The molecular weight excluding hydrogens is 242 g/mol. The quantitative estimate of drug-likeness (QED) is 0.858. The fourth-order valence-electron chi connectivity index (χ4n) is 2.34. The zero-order chi connectivity index (χ0) is 12.8. The molecule has 3 heteroatoms. The Labute approximate surface area is 114 Å². The Kier molecular flexibility index (Phi) is 5.10. The molecule has 1 aromatic rings. The van der Waals surface area contributed by atoms with Gasteiger partial charge in [-0.3, -0.25) is 0 Å². The van der Waals surface area contributed by atoms with Crippen molar-refractivity contribution in [1.29, 1.82) is 0 Å². The smallest absolute Gasteiger partial charge is 0.0992 e. The fraction of sp³-hybridized carbons (Fsp3) is 0.600. The van der Waals surface area contributed by atoms with E-state index in [0.717, 1.165) is 17.4 Å². The van der Waals surface area contributed by atoms with Crippen LogP contribution in [0.2, 0.25) is 0 Å². The Morgan fingerprint density at radius 2 is 2.11 bits per heavy atom. The maximum atomic E-state index is 10.4. The molecular formula is C15H23NOS. The van der Waals surface area contributed by atoms with Gasteiger partial charge in [-0.2, -0.15) is 11.8 Å². The van der Waals surface area contributed by atoms with Crippen LogP contribution in [0.3, 0.4) is 0 Å². The van der Waals surface area contributed by atoms with Gasteiger partial charge in [0.2, 0.25) is 0 Å². The van der Waals surface area contributed by atoms with Crippen LogP contribution in [-0.2, 0) is 5.60 Å². The van der Waals surface area contributed by atoms with Gasteiger partial charge >= 0.3 is 0 Å². The summed E-state index contributed by atoms with van der Waals surface area (Å²) < 4.78 is 0. The molecule has 0 radical (unpaired) electrons. The van der Waals surface area contributed by atoms with Crippen molar-refractivity contribution in [2.24, 2.45) is 0 Å². The molecule has 2 N–H and O–H groups in total. The zero-order valence-corrected chi connectivity index (χ0v) is 11.9. The van der Waals surface area contributed by atoms with Gasteiger partial charge in [0.15, 0.2) is 0 Å². The lowest BCUT2D eigenvalue weighted by molar-refractivity contribution is 0.0572. The van der Waals surface area contributed by atoms with E-state index in [-0.39, 0.29) is 0 Å². The van der Waals surface area contributed by atoms with E-state index in [1.165, 1.54) is 25.0 Å². The van der Waals surface area contributed by atoms with Gasteiger partial charge in [-0.25, -0.2) is 0 Å². The number of rotatable bonds is 5. The number of hydrogen-bond acceptors (Lipinski definition) is 3. The molecule has 1 aliphatic rings. The van der Waals surface area contributed by atoms with E-state index in [9.17, 15) is 5.11 Å². The summed E-state index contributed by atoms with van der Waals surface area (Å²) in [4.78, 5) is 0. The molecule has 2 rings (SSSR count). The van der Waals surface area contributed by atoms with Crippen LogP contribution in [0.15, 0.2) is 30.3 Å². The first kappa shape index (κ1) is 13.9. The molecule has 0 aliphatic carbocycles. The van der Waals surface area contributed by atoms with Gasteiger partial charge in [0, 0.05) is 18.3 Å². The van der Waals surface area contributed by atoms with Crippen molar-refractivity contribution in [2.75, 3.05) is 18.8 Å². The van der Waals surface area contributed by atoms with E-state index in [0.29, 0.717) is 6.54 Å². The maximum Gasteiger partial charge on any atom is 0.0992 e. The van der Waals surface area contributed by atoms with Crippen molar-refractivity contribution in [3.05, 3.63) is 35.9 Å². The van der Waals surface area contributed by atoms with Gasteiger partial charge in [0.1, 0.15) is 0 Å². The van der Waals surface area contributed by atoms with Crippen molar-refractivity contribution >= 4 is 11.8 Å². The summed E-state index contributed by atoms with van der Waals surface area (Å²) in [5.41, 5.74) is 0.203. The first-order valence-electron chi connectivity index (χ1n) is 6.79. The second kappa shape index (κ2) is 6.60. The SMILES string of the molecule is CC(O)(CNCC1CCCCS1)c1ccccc1. The molecule has 2 unspecified atom stereocenters. The number of nitrogens with one attached hydrogen (secondary N) is 1. The molecule has 1 fully saturated rings. The van der Waals surface area contributed by atoms with Gasteiger partial charge < -0.3 is 10.4 Å². The summed E-state index contributed by atoms with van der Waals surface area (Å²) in [6, 6.07) is 9.89. The first-order valence-corrected chi connectivity index (χ1v) is 7.83. The number of thioether (sulfide) groups is 1. The molecule has 0 aromatic heterocycles. The van der Waals surface area contributed by atoms with Crippen LogP contribution in [0, 0.1) is 0 Å².